The van der Waals surface area contributed by atoms with Crippen LogP contribution in [0.4, 0.5) is 0 Å². The van der Waals surface area contributed by atoms with Crippen molar-refractivity contribution >= 4 is 0 Å². The lowest BCUT2D eigenvalue weighted by Crippen LogP contribution is -2.45. The minimum absolute atomic E-state index is 0.201. The summed E-state index contributed by atoms with van der Waals surface area (Å²) in [5, 5.41) is 28.8. The van der Waals surface area contributed by atoms with Gasteiger partial charge in [-0.25, -0.2) is 4.98 Å². The van der Waals surface area contributed by atoms with E-state index in [9.17, 15) is 15.3 Å². The summed E-state index contributed by atoms with van der Waals surface area (Å²) in [4.78, 5) is 4.30. The van der Waals surface area contributed by atoms with Crippen molar-refractivity contribution in [3.05, 3.63) is 17.7 Å². The minimum atomic E-state index is -0.939. The molecule has 1 aliphatic rings. The van der Waals surface area contributed by atoms with Crippen molar-refractivity contribution in [1.29, 1.82) is 0 Å². The van der Waals surface area contributed by atoms with E-state index in [2.05, 4.69) is 4.98 Å². The molecule has 0 aliphatic carbocycles. The Hall–Kier alpha value is -0.910. The van der Waals surface area contributed by atoms with Gasteiger partial charge >= 0.3 is 0 Å². The molecule has 15 heavy (non-hydrogen) atoms. The third kappa shape index (κ3) is 1.47. The molecule has 0 unspecified atom stereocenters. The summed E-state index contributed by atoms with van der Waals surface area (Å²) in [6.07, 6.45) is -0.00972. The first-order chi connectivity index (χ1) is 7.06. The van der Waals surface area contributed by atoms with Crippen molar-refractivity contribution in [2.75, 3.05) is 6.61 Å². The van der Waals surface area contributed by atoms with Gasteiger partial charge < -0.3 is 19.9 Å². The number of aliphatic hydroxyl groups is 3. The maximum atomic E-state index is 9.81. The van der Waals surface area contributed by atoms with Gasteiger partial charge in [0.15, 0.2) is 0 Å². The zero-order valence-corrected chi connectivity index (χ0v) is 8.83. The monoisotopic (exact) mass is 212 g/mol. The highest BCUT2D eigenvalue weighted by molar-refractivity contribution is 5.15. The number of aromatic nitrogens is 2. The summed E-state index contributed by atoms with van der Waals surface area (Å²) in [5.41, 5.74) is 0.830. The molecule has 84 valence electrons. The number of imidazole rings is 1. The van der Waals surface area contributed by atoms with Crippen LogP contribution in [0.25, 0.3) is 0 Å². The summed E-state index contributed by atoms with van der Waals surface area (Å²) in [6, 6.07) is -0.493. The third-order valence-electron chi connectivity index (χ3n) is 3.09. The van der Waals surface area contributed by atoms with Crippen LogP contribution in [0.2, 0.25) is 0 Å². The normalized spacial score (nSPS) is 35.3. The molecule has 1 aromatic rings. The Bertz CT molecular complexity index is 364. The fraction of sp³-hybridized carbons (Fsp3) is 0.700. The molecule has 0 radical (unpaired) electrons. The number of nitrogens with zero attached hydrogens (tertiary/aromatic N) is 2. The van der Waals surface area contributed by atoms with Crippen molar-refractivity contribution in [3.63, 3.8) is 0 Å². The summed E-state index contributed by atoms with van der Waals surface area (Å²) in [6.45, 7) is 3.47. The molecule has 2 heterocycles. The predicted molar refractivity (Wildman–Crippen MR) is 53.5 cm³/mol. The fourth-order valence-electron chi connectivity index (χ4n) is 2.17. The van der Waals surface area contributed by atoms with Crippen molar-refractivity contribution in [1.82, 2.24) is 9.55 Å². The van der Waals surface area contributed by atoms with Gasteiger partial charge in [0.05, 0.1) is 24.4 Å². The highest BCUT2D eigenvalue weighted by Crippen LogP contribution is 2.33. The van der Waals surface area contributed by atoms with Crippen LogP contribution in [0.1, 0.15) is 30.4 Å². The van der Waals surface area contributed by atoms with Crippen LogP contribution in [-0.4, -0.2) is 43.7 Å². The molecular formula is C10H16N2O3. The fourth-order valence-corrected chi connectivity index (χ4v) is 2.17. The Kier molecular flexibility index (Phi) is 2.54. The number of fused-ring (bicyclic) bond motifs is 1. The maximum absolute atomic E-state index is 9.81. The highest BCUT2D eigenvalue weighted by atomic mass is 16.3. The molecule has 1 aromatic heterocycles. The van der Waals surface area contributed by atoms with Crippen LogP contribution < -0.4 is 0 Å². The molecule has 0 fully saturated rings. The second-order valence-electron chi connectivity index (χ2n) is 4.17. The molecular weight excluding hydrogens is 196 g/mol. The second-order valence-corrected chi connectivity index (χ2v) is 4.17. The summed E-state index contributed by atoms with van der Waals surface area (Å²) < 4.78 is 1.76. The minimum Gasteiger partial charge on any atom is -0.394 e. The Balaban J connectivity index is 2.49. The quantitative estimate of drug-likeness (QED) is 0.590. The van der Waals surface area contributed by atoms with E-state index in [0.29, 0.717) is 0 Å². The van der Waals surface area contributed by atoms with Gasteiger partial charge in [-0.15, -0.1) is 0 Å². The standard InChI is InChI=1S/C10H16N2O3/c1-5-3-12-7(4-13)9(15)8(14)6(2)10(12)11-5/h3,6-9,13-15H,4H2,1-2H3/t6-,7-,8-,9+/m1/s1. The van der Waals surface area contributed by atoms with Gasteiger partial charge in [0, 0.05) is 12.1 Å². The molecule has 0 spiro atoms. The SMILES string of the molecule is Cc1cn2c(n1)[C@H](C)[C@@H](O)[C@@H](O)[C@H]2CO. The number of aryl methyl sites for hydroxylation is 1. The maximum Gasteiger partial charge on any atom is 0.114 e. The van der Waals surface area contributed by atoms with Gasteiger partial charge in [-0.1, -0.05) is 6.92 Å². The molecule has 5 heteroatoms. The molecule has 0 aromatic carbocycles. The first-order valence-electron chi connectivity index (χ1n) is 5.08. The van der Waals surface area contributed by atoms with E-state index in [1.807, 2.05) is 13.8 Å². The van der Waals surface area contributed by atoms with Crippen LogP contribution in [0.5, 0.6) is 0 Å². The lowest BCUT2D eigenvalue weighted by atomic mass is 9.90. The van der Waals surface area contributed by atoms with Gasteiger partial charge in [-0.3, -0.25) is 0 Å². The topological polar surface area (TPSA) is 78.5 Å². The van der Waals surface area contributed by atoms with Crippen LogP contribution in [-0.2, 0) is 0 Å². The second kappa shape index (κ2) is 3.59. The number of aliphatic hydroxyl groups excluding tert-OH is 3. The van der Waals surface area contributed by atoms with Crippen molar-refractivity contribution in [3.8, 4) is 0 Å². The summed E-state index contributed by atoms with van der Waals surface area (Å²) in [5.74, 6) is 0.515. The van der Waals surface area contributed by atoms with Crippen LogP contribution in [0.3, 0.4) is 0 Å². The number of hydrogen-bond acceptors (Lipinski definition) is 4. The Morgan fingerprint density at radius 1 is 1.40 bits per heavy atom. The Morgan fingerprint density at radius 2 is 2.07 bits per heavy atom. The van der Waals surface area contributed by atoms with Gasteiger partial charge in [-0.05, 0) is 6.92 Å². The van der Waals surface area contributed by atoms with E-state index in [4.69, 9.17) is 0 Å². The van der Waals surface area contributed by atoms with Crippen molar-refractivity contribution in [2.45, 2.75) is 38.0 Å². The molecule has 3 N–H and O–H groups in total. The molecule has 0 amide bonds. The third-order valence-corrected chi connectivity index (χ3v) is 3.09. The molecule has 2 rings (SSSR count). The summed E-state index contributed by atoms with van der Waals surface area (Å²) >= 11 is 0. The predicted octanol–water partition coefficient (Wildman–Crippen LogP) is -0.436. The molecule has 0 bridgehead atoms. The zero-order valence-electron chi connectivity index (χ0n) is 8.83. The average molecular weight is 212 g/mol. The van der Waals surface area contributed by atoms with Gasteiger partial charge in [-0.2, -0.15) is 0 Å². The largest absolute Gasteiger partial charge is 0.394 e. The van der Waals surface area contributed by atoms with Crippen LogP contribution in [0, 0.1) is 6.92 Å². The van der Waals surface area contributed by atoms with Gasteiger partial charge in [0.25, 0.3) is 0 Å². The van der Waals surface area contributed by atoms with E-state index in [-0.39, 0.29) is 12.5 Å². The molecule has 5 nitrogen and oxygen atoms in total. The average Bonchev–Trinajstić information content (AvgIpc) is 2.58. The molecule has 4 atom stereocenters. The molecule has 0 saturated carbocycles. The van der Waals surface area contributed by atoms with E-state index in [0.717, 1.165) is 11.5 Å². The van der Waals surface area contributed by atoms with E-state index >= 15 is 0 Å². The van der Waals surface area contributed by atoms with Crippen molar-refractivity contribution < 1.29 is 15.3 Å². The molecule has 0 saturated heterocycles. The number of rotatable bonds is 1. The number of hydrogen-bond donors (Lipinski definition) is 3. The smallest absolute Gasteiger partial charge is 0.114 e. The van der Waals surface area contributed by atoms with E-state index < -0.39 is 18.2 Å². The van der Waals surface area contributed by atoms with E-state index in [1.165, 1.54) is 0 Å². The Labute approximate surface area is 88.0 Å². The molecule has 1 aliphatic heterocycles. The van der Waals surface area contributed by atoms with Gasteiger partial charge in [0.1, 0.15) is 11.9 Å². The lowest BCUT2D eigenvalue weighted by molar-refractivity contribution is -0.0544. The van der Waals surface area contributed by atoms with E-state index in [1.54, 1.807) is 10.8 Å². The van der Waals surface area contributed by atoms with Crippen LogP contribution in [0.15, 0.2) is 6.20 Å². The summed E-state index contributed by atoms with van der Waals surface area (Å²) in [7, 11) is 0. The lowest BCUT2D eigenvalue weighted by Gasteiger charge is -2.36. The van der Waals surface area contributed by atoms with Crippen molar-refractivity contribution in [2.24, 2.45) is 0 Å². The Morgan fingerprint density at radius 3 is 2.67 bits per heavy atom. The zero-order chi connectivity index (χ0) is 11.2. The van der Waals surface area contributed by atoms with Gasteiger partial charge in [0.2, 0.25) is 0 Å². The van der Waals surface area contributed by atoms with Crippen LogP contribution >= 0.6 is 0 Å². The highest BCUT2D eigenvalue weighted by Gasteiger charge is 2.39. The first-order valence-corrected chi connectivity index (χ1v) is 5.08. The first kappa shape index (κ1) is 10.6.